The van der Waals surface area contributed by atoms with Gasteiger partial charge in [0, 0.05) is 23.2 Å². The minimum Gasteiger partial charge on any atom is -0.384 e. The Hall–Kier alpha value is -2.99. The Morgan fingerprint density at radius 2 is 1.96 bits per heavy atom. The van der Waals surface area contributed by atoms with Gasteiger partial charge in [-0.05, 0) is 53.9 Å². The molecule has 0 atom stereocenters. The monoisotopic (exact) mass is 363 g/mol. The van der Waals surface area contributed by atoms with E-state index in [1.807, 2.05) is 9.78 Å². The highest BCUT2D eigenvalue weighted by Gasteiger charge is 2.19. The Morgan fingerprint density at radius 1 is 1.15 bits per heavy atom. The zero-order chi connectivity index (χ0) is 17.7. The quantitative estimate of drug-likeness (QED) is 0.539. The first-order chi connectivity index (χ1) is 12.7. The number of halogens is 1. The standard InChI is InChI=1S/C20H14FN3OS/c21-15-4-1-12(2-5-15)19-17(10-25)24-18(11-26-20(24)23-19)14-3-6-16-13(9-14)7-8-22-16/h1-6,9-11,22H,7-8H2. The maximum absolute atomic E-state index is 13.2. The predicted octanol–water partition coefficient (Wildman–Crippen LogP) is 4.65. The summed E-state index contributed by atoms with van der Waals surface area (Å²) >= 11 is 1.49. The third-order valence-electron chi connectivity index (χ3n) is 4.74. The highest BCUT2D eigenvalue weighted by atomic mass is 32.1. The number of nitrogens with one attached hydrogen (secondary N) is 1. The molecule has 0 aliphatic carbocycles. The Bertz CT molecular complexity index is 1140. The summed E-state index contributed by atoms with van der Waals surface area (Å²) in [6, 6.07) is 12.4. The molecule has 5 rings (SSSR count). The fraction of sp³-hybridized carbons (Fsp3) is 0.100. The van der Waals surface area contributed by atoms with Crippen LogP contribution in [0.25, 0.3) is 27.5 Å². The Balaban J connectivity index is 1.70. The third kappa shape index (κ3) is 2.26. The summed E-state index contributed by atoms with van der Waals surface area (Å²) in [7, 11) is 0. The second-order valence-corrected chi connectivity index (χ2v) is 7.09. The molecular weight excluding hydrogens is 349 g/mol. The number of hydrogen-bond acceptors (Lipinski definition) is 4. The van der Waals surface area contributed by atoms with E-state index in [9.17, 15) is 9.18 Å². The number of hydrogen-bond donors (Lipinski definition) is 1. The number of aldehydes is 1. The maximum Gasteiger partial charge on any atom is 0.195 e. The van der Waals surface area contributed by atoms with E-state index in [0.29, 0.717) is 11.4 Å². The molecule has 4 nitrogen and oxygen atoms in total. The normalized spacial score (nSPS) is 13.0. The lowest BCUT2D eigenvalue weighted by atomic mass is 10.1. The van der Waals surface area contributed by atoms with Crippen molar-refractivity contribution in [2.45, 2.75) is 6.42 Å². The second kappa shape index (κ2) is 5.78. The zero-order valence-electron chi connectivity index (χ0n) is 13.7. The van der Waals surface area contributed by atoms with Gasteiger partial charge in [0.05, 0.1) is 5.69 Å². The lowest BCUT2D eigenvalue weighted by molar-refractivity contribution is 0.111. The summed E-state index contributed by atoms with van der Waals surface area (Å²) < 4.78 is 15.1. The van der Waals surface area contributed by atoms with E-state index in [1.54, 1.807) is 12.1 Å². The summed E-state index contributed by atoms with van der Waals surface area (Å²) in [5.74, 6) is -0.310. The summed E-state index contributed by atoms with van der Waals surface area (Å²) in [5.41, 5.74) is 6.26. The molecule has 3 heterocycles. The molecule has 128 valence electrons. The minimum atomic E-state index is -0.310. The summed E-state index contributed by atoms with van der Waals surface area (Å²) in [4.78, 5) is 17.2. The van der Waals surface area contributed by atoms with Crippen LogP contribution in [0.2, 0.25) is 0 Å². The number of carbonyl (C=O) groups excluding carboxylic acids is 1. The first-order valence-corrected chi connectivity index (χ1v) is 9.21. The highest BCUT2D eigenvalue weighted by Crippen LogP contribution is 2.34. The average molecular weight is 363 g/mol. The van der Waals surface area contributed by atoms with Gasteiger partial charge in [-0.1, -0.05) is 6.07 Å². The van der Waals surface area contributed by atoms with Gasteiger partial charge in [-0.25, -0.2) is 9.37 Å². The van der Waals surface area contributed by atoms with Gasteiger partial charge in [-0.2, -0.15) is 0 Å². The van der Waals surface area contributed by atoms with Gasteiger partial charge < -0.3 is 5.32 Å². The number of imidazole rings is 1. The van der Waals surface area contributed by atoms with Gasteiger partial charge >= 0.3 is 0 Å². The maximum atomic E-state index is 13.2. The molecule has 1 aliphatic heterocycles. The van der Waals surface area contributed by atoms with Crippen molar-refractivity contribution in [3.05, 3.63) is 64.9 Å². The number of benzene rings is 2. The molecule has 0 amide bonds. The molecule has 6 heteroatoms. The van der Waals surface area contributed by atoms with Crippen LogP contribution in [0.15, 0.2) is 47.8 Å². The van der Waals surface area contributed by atoms with Gasteiger partial charge in [-0.3, -0.25) is 9.20 Å². The first-order valence-electron chi connectivity index (χ1n) is 8.33. The van der Waals surface area contributed by atoms with Crippen molar-refractivity contribution in [2.24, 2.45) is 0 Å². The van der Waals surface area contributed by atoms with Crippen LogP contribution < -0.4 is 5.32 Å². The molecule has 0 fully saturated rings. The lowest BCUT2D eigenvalue weighted by Crippen LogP contribution is -1.94. The average Bonchev–Trinajstić information content (AvgIpc) is 3.36. The molecule has 0 spiro atoms. The van der Waals surface area contributed by atoms with Crippen LogP contribution in [0.5, 0.6) is 0 Å². The topological polar surface area (TPSA) is 46.4 Å². The summed E-state index contributed by atoms with van der Waals surface area (Å²) in [6.45, 7) is 0.956. The van der Waals surface area contributed by atoms with Crippen LogP contribution in [0.1, 0.15) is 16.1 Å². The second-order valence-electron chi connectivity index (χ2n) is 6.26. The molecule has 0 radical (unpaired) electrons. The molecule has 1 N–H and O–H groups in total. The molecule has 4 aromatic rings. The van der Waals surface area contributed by atoms with Crippen molar-refractivity contribution in [1.29, 1.82) is 0 Å². The molecule has 26 heavy (non-hydrogen) atoms. The van der Waals surface area contributed by atoms with E-state index in [-0.39, 0.29) is 5.82 Å². The minimum absolute atomic E-state index is 0.310. The van der Waals surface area contributed by atoms with Gasteiger partial charge in [0.2, 0.25) is 0 Å². The number of fused-ring (bicyclic) bond motifs is 2. The van der Waals surface area contributed by atoms with Crippen LogP contribution in [-0.4, -0.2) is 22.2 Å². The van der Waals surface area contributed by atoms with Crippen LogP contribution in [0, 0.1) is 5.82 Å². The van der Waals surface area contributed by atoms with Gasteiger partial charge in [0.1, 0.15) is 17.2 Å². The molecule has 0 bridgehead atoms. The molecule has 2 aromatic heterocycles. The molecule has 1 aliphatic rings. The smallest absolute Gasteiger partial charge is 0.195 e. The van der Waals surface area contributed by atoms with Crippen molar-refractivity contribution in [1.82, 2.24) is 9.38 Å². The van der Waals surface area contributed by atoms with Crippen LogP contribution in [-0.2, 0) is 6.42 Å². The number of carbonyl (C=O) groups is 1. The Kier molecular flexibility index (Phi) is 3.39. The van der Waals surface area contributed by atoms with Crippen molar-refractivity contribution in [3.8, 4) is 22.5 Å². The van der Waals surface area contributed by atoms with E-state index in [2.05, 4.69) is 28.5 Å². The molecule has 0 saturated carbocycles. The van der Waals surface area contributed by atoms with Crippen LogP contribution >= 0.6 is 11.3 Å². The SMILES string of the molecule is O=Cc1c(-c2ccc(F)cc2)nc2scc(-c3ccc4c(c3)CCN4)n12. The van der Waals surface area contributed by atoms with E-state index < -0.39 is 0 Å². The third-order valence-corrected chi connectivity index (χ3v) is 5.57. The van der Waals surface area contributed by atoms with Crippen LogP contribution in [0.3, 0.4) is 0 Å². The highest BCUT2D eigenvalue weighted by molar-refractivity contribution is 7.15. The number of nitrogens with zero attached hydrogens (tertiary/aromatic N) is 2. The zero-order valence-corrected chi connectivity index (χ0v) is 14.5. The predicted molar refractivity (Wildman–Crippen MR) is 101 cm³/mol. The molecular formula is C20H14FN3OS. The number of thiazole rings is 1. The van der Waals surface area contributed by atoms with Crippen molar-refractivity contribution >= 4 is 28.3 Å². The van der Waals surface area contributed by atoms with Gasteiger partial charge in [-0.15, -0.1) is 11.3 Å². The molecule has 0 unspecified atom stereocenters. The molecule has 2 aromatic carbocycles. The number of aromatic nitrogens is 2. The fourth-order valence-electron chi connectivity index (χ4n) is 3.47. The summed E-state index contributed by atoms with van der Waals surface area (Å²) in [6.07, 6.45) is 1.82. The number of rotatable bonds is 3. The lowest BCUT2D eigenvalue weighted by Gasteiger charge is -2.05. The fourth-order valence-corrected chi connectivity index (χ4v) is 4.38. The van der Waals surface area contributed by atoms with Crippen molar-refractivity contribution < 1.29 is 9.18 Å². The van der Waals surface area contributed by atoms with E-state index in [0.717, 1.165) is 41.0 Å². The van der Waals surface area contributed by atoms with Crippen molar-refractivity contribution in [3.63, 3.8) is 0 Å². The first kappa shape index (κ1) is 15.3. The van der Waals surface area contributed by atoms with Crippen LogP contribution in [0.4, 0.5) is 10.1 Å². The largest absolute Gasteiger partial charge is 0.384 e. The van der Waals surface area contributed by atoms with E-state index in [1.165, 1.54) is 34.7 Å². The Morgan fingerprint density at radius 3 is 2.77 bits per heavy atom. The number of anilines is 1. The van der Waals surface area contributed by atoms with Crippen molar-refractivity contribution in [2.75, 3.05) is 11.9 Å². The molecule has 0 saturated heterocycles. The summed E-state index contributed by atoms with van der Waals surface area (Å²) in [5, 5.41) is 5.38. The van der Waals surface area contributed by atoms with E-state index >= 15 is 0 Å². The van der Waals surface area contributed by atoms with Gasteiger partial charge in [0.15, 0.2) is 11.2 Å². The Labute approximate surface area is 152 Å². The van der Waals surface area contributed by atoms with E-state index in [4.69, 9.17) is 0 Å². The van der Waals surface area contributed by atoms with Gasteiger partial charge in [0.25, 0.3) is 0 Å².